The van der Waals surface area contributed by atoms with E-state index in [0.29, 0.717) is 6.04 Å². The van der Waals surface area contributed by atoms with Crippen LogP contribution >= 0.6 is 38.5 Å². The smallest absolute Gasteiger partial charge is 0.141 e. The molecule has 0 saturated heterocycles. The van der Waals surface area contributed by atoms with E-state index in [-0.39, 0.29) is 0 Å². The molecule has 0 amide bonds. The van der Waals surface area contributed by atoms with Crippen molar-refractivity contribution in [1.82, 2.24) is 5.32 Å². The zero-order valence-electron chi connectivity index (χ0n) is 11.5. The minimum atomic E-state index is 0.335. The van der Waals surface area contributed by atoms with Gasteiger partial charge in [-0.15, -0.1) is 0 Å². The highest BCUT2D eigenvalue weighted by molar-refractivity contribution is 14.1. The lowest BCUT2D eigenvalue weighted by atomic mass is 10.1. The van der Waals surface area contributed by atoms with Crippen molar-refractivity contribution in [3.63, 3.8) is 0 Å². The monoisotopic (exact) mass is 445 g/mol. The molecule has 1 atom stereocenters. The fraction of sp³-hybridized carbons (Fsp3) is 0.250. The average molecular weight is 446 g/mol. The molecule has 0 heterocycles. The number of para-hydroxylation sites is 1. The van der Waals surface area contributed by atoms with Crippen molar-refractivity contribution in [2.75, 3.05) is 6.54 Å². The van der Waals surface area contributed by atoms with Crippen LogP contribution in [0.2, 0.25) is 0 Å². The summed E-state index contributed by atoms with van der Waals surface area (Å²) in [6.45, 7) is 5.23. The highest BCUT2D eigenvalue weighted by Crippen LogP contribution is 2.33. The van der Waals surface area contributed by atoms with Gasteiger partial charge in [0.1, 0.15) is 11.5 Å². The molecule has 2 aromatic rings. The summed E-state index contributed by atoms with van der Waals surface area (Å²) in [4.78, 5) is 0. The van der Waals surface area contributed by atoms with Gasteiger partial charge in [-0.1, -0.05) is 25.1 Å². The Morgan fingerprint density at radius 2 is 1.95 bits per heavy atom. The third-order valence-corrected chi connectivity index (χ3v) is 4.53. The van der Waals surface area contributed by atoms with Crippen molar-refractivity contribution in [2.24, 2.45) is 0 Å². The lowest BCUT2D eigenvalue weighted by Crippen LogP contribution is -2.17. The first-order valence-corrected chi connectivity index (χ1v) is 8.44. The molecule has 20 heavy (non-hydrogen) atoms. The van der Waals surface area contributed by atoms with Gasteiger partial charge in [-0.3, -0.25) is 0 Å². The fourth-order valence-electron chi connectivity index (χ4n) is 1.94. The van der Waals surface area contributed by atoms with Crippen LogP contribution in [0.4, 0.5) is 0 Å². The van der Waals surface area contributed by atoms with Gasteiger partial charge in [-0.05, 0) is 81.8 Å². The number of hydrogen-bond acceptors (Lipinski definition) is 2. The third-order valence-electron chi connectivity index (χ3n) is 3.02. The number of rotatable bonds is 5. The number of hydrogen-bond donors (Lipinski definition) is 1. The van der Waals surface area contributed by atoms with Crippen molar-refractivity contribution in [3.05, 3.63) is 56.1 Å². The summed E-state index contributed by atoms with van der Waals surface area (Å²) in [5.74, 6) is 1.71. The normalized spacial score (nSPS) is 12.2. The second kappa shape index (κ2) is 7.43. The summed E-state index contributed by atoms with van der Waals surface area (Å²) in [6.07, 6.45) is 0. The Balaban J connectivity index is 2.20. The third kappa shape index (κ3) is 3.96. The Kier molecular flexibility index (Phi) is 5.86. The maximum atomic E-state index is 5.96. The molecule has 1 unspecified atom stereocenters. The van der Waals surface area contributed by atoms with E-state index in [1.807, 2.05) is 30.3 Å². The van der Waals surface area contributed by atoms with Gasteiger partial charge < -0.3 is 10.1 Å². The van der Waals surface area contributed by atoms with E-state index in [1.165, 1.54) is 5.56 Å². The van der Waals surface area contributed by atoms with Crippen molar-refractivity contribution < 1.29 is 4.74 Å². The van der Waals surface area contributed by atoms with Crippen LogP contribution in [-0.4, -0.2) is 6.54 Å². The number of halogens is 2. The molecule has 0 spiro atoms. The van der Waals surface area contributed by atoms with Crippen molar-refractivity contribution in [3.8, 4) is 11.5 Å². The van der Waals surface area contributed by atoms with Crippen LogP contribution in [0.25, 0.3) is 0 Å². The van der Waals surface area contributed by atoms with E-state index in [4.69, 9.17) is 4.74 Å². The lowest BCUT2D eigenvalue weighted by molar-refractivity contribution is 0.475. The largest absolute Gasteiger partial charge is 0.455 e. The molecule has 4 heteroatoms. The molecule has 2 aromatic carbocycles. The van der Waals surface area contributed by atoms with Crippen molar-refractivity contribution in [2.45, 2.75) is 19.9 Å². The van der Waals surface area contributed by atoms with E-state index in [9.17, 15) is 0 Å². The molecular formula is C16H17BrINO. The molecule has 1 N–H and O–H groups in total. The van der Waals surface area contributed by atoms with Crippen LogP contribution < -0.4 is 10.1 Å². The molecule has 0 aromatic heterocycles. The first kappa shape index (κ1) is 15.8. The van der Waals surface area contributed by atoms with Crippen LogP contribution in [0, 0.1) is 3.57 Å². The molecule has 0 aliphatic heterocycles. The average Bonchev–Trinajstić information content (AvgIpc) is 2.43. The minimum absolute atomic E-state index is 0.335. The maximum absolute atomic E-state index is 5.96. The first-order chi connectivity index (χ1) is 9.61. The summed E-state index contributed by atoms with van der Waals surface area (Å²) in [7, 11) is 0. The molecule has 2 rings (SSSR count). The lowest BCUT2D eigenvalue weighted by Gasteiger charge is -2.15. The predicted octanol–water partition coefficient (Wildman–Crippen LogP) is 5.52. The number of benzene rings is 2. The Hall–Kier alpha value is -0.590. The zero-order valence-corrected chi connectivity index (χ0v) is 15.2. The van der Waals surface area contributed by atoms with Crippen LogP contribution in [-0.2, 0) is 0 Å². The van der Waals surface area contributed by atoms with Gasteiger partial charge in [0, 0.05) is 6.04 Å². The van der Waals surface area contributed by atoms with Gasteiger partial charge in [-0.2, -0.15) is 0 Å². The Morgan fingerprint density at radius 1 is 1.20 bits per heavy atom. The highest BCUT2D eigenvalue weighted by Gasteiger charge is 2.09. The number of nitrogens with one attached hydrogen (secondary N) is 1. The number of ether oxygens (including phenoxy) is 1. The topological polar surface area (TPSA) is 21.3 Å². The summed E-state index contributed by atoms with van der Waals surface area (Å²) in [6, 6.07) is 14.5. The van der Waals surface area contributed by atoms with E-state index in [0.717, 1.165) is 26.1 Å². The van der Waals surface area contributed by atoms with Crippen molar-refractivity contribution in [1.29, 1.82) is 0 Å². The van der Waals surface area contributed by atoms with Crippen LogP contribution in [0.1, 0.15) is 25.5 Å². The fourth-order valence-corrected chi connectivity index (χ4v) is 2.91. The predicted molar refractivity (Wildman–Crippen MR) is 95.5 cm³/mol. The summed E-state index contributed by atoms with van der Waals surface area (Å²) in [5.41, 5.74) is 1.24. The summed E-state index contributed by atoms with van der Waals surface area (Å²) >= 11 is 5.87. The molecule has 0 aliphatic rings. The zero-order chi connectivity index (χ0) is 14.5. The van der Waals surface area contributed by atoms with Gasteiger partial charge in [-0.25, -0.2) is 0 Å². The van der Waals surface area contributed by atoms with Gasteiger partial charge in [0.2, 0.25) is 0 Å². The Bertz CT molecular complexity index is 588. The molecule has 0 radical (unpaired) electrons. The van der Waals surface area contributed by atoms with Crippen LogP contribution in [0.15, 0.2) is 46.9 Å². The first-order valence-electron chi connectivity index (χ1n) is 6.57. The van der Waals surface area contributed by atoms with E-state index < -0.39 is 0 Å². The quantitative estimate of drug-likeness (QED) is 0.612. The molecule has 2 nitrogen and oxygen atoms in total. The standard InChI is InChI=1S/C16H17BrINO/c1-3-19-11(2)12-8-9-15(13(17)10-12)20-16-7-5-4-6-14(16)18/h4-11,19H,3H2,1-2H3. The summed E-state index contributed by atoms with van der Waals surface area (Å²) in [5, 5.41) is 3.40. The van der Waals surface area contributed by atoms with E-state index in [1.54, 1.807) is 0 Å². The van der Waals surface area contributed by atoms with Crippen LogP contribution in [0.3, 0.4) is 0 Å². The second-order valence-electron chi connectivity index (χ2n) is 4.50. The maximum Gasteiger partial charge on any atom is 0.141 e. The summed E-state index contributed by atoms with van der Waals surface area (Å²) < 4.78 is 8.03. The van der Waals surface area contributed by atoms with Gasteiger partial charge in [0.15, 0.2) is 0 Å². The Morgan fingerprint density at radius 3 is 2.60 bits per heavy atom. The SMILES string of the molecule is CCNC(C)c1ccc(Oc2ccccc2I)c(Br)c1. The van der Waals surface area contributed by atoms with Gasteiger partial charge in [0.05, 0.1) is 8.04 Å². The van der Waals surface area contributed by atoms with Gasteiger partial charge >= 0.3 is 0 Å². The highest BCUT2D eigenvalue weighted by atomic mass is 127. The molecule has 0 saturated carbocycles. The molecular weight excluding hydrogens is 429 g/mol. The molecule has 0 fully saturated rings. The van der Waals surface area contributed by atoms with Crippen molar-refractivity contribution >= 4 is 38.5 Å². The Labute approximate surface area is 142 Å². The van der Waals surface area contributed by atoms with Crippen LogP contribution in [0.5, 0.6) is 11.5 Å². The van der Waals surface area contributed by atoms with E-state index in [2.05, 4.69) is 69.8 Å². The minimum Gasteiger partial charge on any atom is -0.455 e. The van der Waals surface area contributed by atoms with E-state index >= 15 is 0 Å². The molecule has 0 bridgehead atoms. The molecule has 0 aliphatic carbocycles. The van der Waals surface area contributed by atoms with Gasteiger partial charge in [0.25, 0.3) is 0 Å². The molecule has 106 valence electrons. The second-order valence-corrected chi connectivity index (χ2v) is 6.52.